The second-order valence-corrected chi connectivity index (χ2v) is 7.09. The number of carbonyl (C=O) groups is 2. The summed E-state index contributed by atoms with van der Waals surface area (Å²) in [7, 11) is 2.73. The van der Waals surface area contributed by atoms with Crippen molar-refractivity contribution in [3.8, 4) is 16.3 Å². The van der Waals surface area contributed by atoms with E-state index in [0.29, 0.717) is 10.6 Å². The molecule has 2 aliphatic rings. The van der Waals surface area contributed by atoms with Crippen LogP contribution in [0.3, 0.4) is 0 Å². The Labute approximate surface area is 146 Å². The zero-order chi connectivity index (χ0) is 18.1. The maximum atomic E-state index is 12.0. The number of aromatic hydroxyl groups is 1. The highest BCUT2D eigenvalue weighted by atomic mass is 32.9. The van der Waals surface area contributed by atoms with E-state index in [1.807, 2.05) is 0 Å². The van der Waals surface area contributed by atoms with Gasteiger partial charge in [0.2, 0.25) is 5.91 Å². The Kier molecular flexibility index (Phi) is 4.42. The molecular formula is C14H11N3O6S2. The zero-order valence-corrected chi connectivity index (χ0v) is 14.3. The van der Waals surface area contributed by atoms with Crippen LogP contribution in [0.5, 0.6) is 5.75 Å². The molecule has 2 aliphatic heterocycles. The molecule has 3 heterocycles. The van der Waals surface area contributed by atoms with Crippen LogP contribution in [-0.4, -0.2) is 28.4 Å². The Morgan fingerprint density at radius 2 is 2.12 bits per heavy atom. The molecule has 25 heavy (non-hydrogen) atoms. The van der Waals surface area contributed by atoms with Crippen molar-refractivity contribution in [2.24, 2.45) is 0 Å². The number of aryl methyl sites for hydroxylation is 1. The van der Waals surface area contributed by atoms with E-state index < -0.39 is 40.9 Å². The van der Waals surface area contributed by atoms with Gasteiger partial charge in [-0.1, -0.05) is 20.7 Å². The van der Waals surface area contributed by atoms with Crippen molar-refractivity contribution in [3.05, 3.63) is 43.5 Å². The average Bonchev–Trinajstić information content (AvgIpc) is 3.07. The molecular weight excluding hydrogens is 370 g/mol. The summed E-state index contributed by atoms with van der Waals surface area (Å²) in [5, 5.41) is 16.0. The number of aromatic nitrogens is 1. The van der Waals surface area contributed by atoms with E-state index in [1.165, 1.54) is 27.6 Å². The molecule has 3 rings (SSSR count). The maximum Gasteiger partial charge on any atom is 0.352 e. The molecule has 0 saturated heterocycles. The first-order valence-electron chi connectivity index (χ1n) is 6.88. The summed E-state index contributed by atoms with van der Waals surface area (Å²) in [6.45, 7) is 0.951. The molecule has 0 unspecified atom stereocenters. The third-order valence-electron chi connectivity index (χ3n) is 3.20. The van der Waals surface area contributed by atoms with Gasteiger partial charge in [0.15, 0.2) is 5.56 Å². The number of H-pyrrole nitrogens is 1. The minimum absolute atomic E-state index is 0.109. The van der Waals surface area contributed by atoms with Crippen LogP contribution in [0.25, 0.3) is 10.6 Å². The quantitative estimate of drug-likeness (QED) is 0.496. The average molecular weight is 381 g/mol. The van der Waals surface area contributed by atoms with Crippen molar-refractivity contribution < 1.29 is 19.1 Å². The van der Waals surface area contributed by atoms with Gasteiger partial charge in [0.1, 0.15) is 17.2 Å². The van der Waals surface area contributed by atoms with Crippen LogP contribution >= 0.6 is 20.7 Å². The molecule has 11 heteroatoms. The minimum Gasteiger partial charge on any atom is -0.507 e. The highest BCUT2D eigenvalue weighted by Crippen LogP contribution is 2.35. The van der Waals surface area contributed by atoms with Crippen LogP contribution in [0.1, 0.15) is 16.1 Å². The van der Waals surface area contributed by atoms with Crippen LogP contribution in [0.15, 0.2) is 25.5 Å². The minimum atomic E-state index is -1.01. The number of rotatable bonds is 4. The number of aromatic amines is 1. The Hall–Kier alpha value is -2.92. The Morgan fingerprint density at radius 3 is 2.84 bits per heavy atom. The lowest BCUT2D eigenvalue weighted by molar-refractivity contribution is -0.115. The van der Waals surface area contributed by atoms with Crippen LogP contribution in [-0.2, 0) is 4.79 Å². The summed E-state index contributed by atoms with van der Waals surface area (Å²) in [6.07, 6.45) is 0. The molecule has 4 N–H and O–H groups in total. The predicted molar refractivity (Wildman–Crippen MR) is 91.8 cm³/mol. The summed E-state index contributed by atoms with van der Waals surface area (Å²) < 4.78 is 4.74. The van der Waals surface area contributed by atoms with E-state index in [4.69, 9.17) is 4.42 Å². The first-order chi connectivity index (χ1) is 11.9. The second kappa shape index (κ2) is 6.53. The smallest absolute Gasteiger partial charge is 0.352 e. The van der Waals surface area contributed by atoms with E-state index in [1.54, 1.807) is 5.38 Å². The third kappa shape index (κ3) is 3.32. The fourth-order valence-electron chi connectivity index (χ4n) is 2.12. The second-order valence-electron chi connectivity index (χ2n) is 5.00. The third-order valence-corrected chi connectivity index (χ3v) is 5.30. The van der Waals surface area contributed by atoms with Crippen molar-refractivity contribution in [2.45, 2.75) is 6.92 Å². The monoisotopic (exact) mass is 381 g/mol. The molecule has 0 aliphatic carbocycles. The summed E-state index contributed by atoms with van der Waals surface area (Å²) in [5.74, 6) is -2.00. The summed E-state index contributed by atoms with van der Waals surface area (Å²) in [4.78, 5) is 50.6. The maximum absolute atomic E-state index is 12.0. The van der Waals surface area contributed by atoms with Gasteiger partial charge in [-0.05, 0) is 6.92 Å². The van der Waals surface area contributed by atoms with Crippen LogP contribution in [0.4, 0.5) is 5.69 Å². The Balaban J connectivity index is 1.68. The van der Waals surface area contributed by atoms with Gasteiger partial charge in [0.25, 0.3) is 11.5 Å². The zero-order valence-electron chi connectivity index (χ0n) is 12.7. The van der Waals surface area contributed by atoms with E-state index in [2.05, 4.69) is 15.6 Å². The van der Waals surface area contributed by atoms with E-state index in [-0.39, 0.29) is 11.4 Å². The van der Waals surface area contributed by atoms with Crippen molar-refractivity contribution >= 4 is 38.2 Å². The van der Waals surface area contributed by atoms with Crippen LogP contribution in [0, 0.1) is 6.92 Å². The Morgan fingerprint density at radius 1 is 1.36 bits per heavy atom. The van der Waals surface area contributed by atoms with E-state index in [9.17, 15) is 24.3 Å². The van der Waals surface area contributed by atoms with Crippen molar-refractivity contribution in [3.63, 3.8) is 0 Å². The van der Waals surface area contributed by atoms with Gasteiger partial charge in [-0.3, -0.25) is 14.4 Å². The van der Waals surface area contributed by atoms with Gasteiger partial charge in [0, 0.05) is 11.4 Å². The number of nitrogens with one attached hydrogen (secondary N) is 3. The van der Waals surface area contributed by atoms with Crippen molar-refractivity contribution in [1.82, 2.24) is 10.3 Å². The molecule has 0 atom stereocenters. The molecule has 0 spiro atoms. The van der Waals surface area contributed by atoms with Gasteiger partial charge < -0.3 is 25.1 Å². The van der Waals surface area contributed by atoms with Gasteiger partial charge in [-0.2, -0.15) is 0 Å². The molecule has 0 radical (unpaired) electrons. The van der Waals surface area contributed by atoms with Crippen LogP contribution in [0.2, 0.25) is 0 Å². The predicted octanol–water partition coefficient (Wildman–Crippen LogP) is 0.938. The van der Waals surface area contributed by atoms with Crippen molar-refractivity contribution in [2.75, 3.05) is 11.9 Å². The molecule has 9 nitrogen and oxygen atoms in total. The number of hydrogen-bond acceptors (Lipinski definition) is 8. The van der Waals surface area contributed by atoms with E-state index in [0.717, 1.165) is 6.07 Å². The van der Waals surface area contributed by atoms with Gasteiger partial charge >= 0.3 is 5.63 Å². The number of anilines is 1. The lowest BCUT2D eigenvalue weighted by Crippen LogP contribution is -2.35. The summed E-state index contributed by atoms with van der Waals surface area (Å²) >= 11 is 0. The van der Waals surface area contributed by atoms with Gasteiger partial charge in [-0.25, -0.2) is 4.79 Å². The highest BCUT2D eigenvalue weighted by molar-refractivity contribution is 7.70. The largest absolute Gasteiger partial charge is 0.507 e. The number of fused-ring (bicyclic) bond motifs is 1. The lowest BCUT2D eigenvalue weighted by Gasteiger charge is -2.06. The molecule has 0 bridgehead atoms. The summed E-state index contributed by atoms with van der Waals surface area (Å²) in [5.41, 5.74) is -1.30. The molecule has 1 aromatic rings. The molecule has 0 fully saturated rings. The van der Waals surface area contributed by atoms with Gasteiger partial charge in [0.05, 0.1) is 17.1 Å². The summed E-state index contributed by atoms with van der Waals surface area (Å²) in [6, 6.07) is 1.12. The molecule has 0 saturated carbocycles. The standard InChI is InChI=1S/C14H11N3O6S2/c1-5-2-7(18)9(14(22)23-5)12(20)15-3-8(19)17-10-11-6(4-24-25-11)16-13(10)21/h2,4,18H,3H2,1H3,(H,15,20)(H,16,21)(H,17,19). The molecule has 1 aromatic heterocycles. The molecule has 0 aromatic carbocycles. The number of hydrogen-bond donors (Lipinski definition) is 4. The number of amides is 2. The number of carbonyl (C=O) groups excluding carboxylic acids is 2. The van der Waals surface area contributed by atoms with Crippen molar-refractivity contribution in [1.29, 1.82) is 0 Å². The first-order valence-corrected chi connectivity index (χ1v) is 9.09. The first kappa shape index (κ1) is 16.9. The normalized spacial score (nSPS) is 10.8. The SMILES string of the molecule is Cc1cc(O)c(C(=O)NCC(=O)Nc2c3sscc-3[nH]c2=O)c(=O)o1. The Bertz CT molecular complexity index is 1040. The van der Waals surface area contributed by atoms with Crippen LogP contribution < -0.4 is 21.8 Å². The van der Waals surface area contributed by atoms with E-state index >= 15 is 0 Å². The fraction of sp³-hybridized carbons (Fsp3) is 0.143. The molecule has 130 valence electrons. The lowest BCUT2D eigenvalue weighted by atomic mass is 10.2. The highest BCUT2D eigenvalue weighted by Gasteiger charge is 2.21. The fourth-order valence-corrected chi connectivity index (χ4v) is 4.28. The molecule has 2 amide bonds. The topological polar surface area (TPSA) is 142 Å². The van der Waals surface area contributed by atoms with Gasteiger partial charge in [-0.15, -0.1) is 0 Å².